The van der Waals surface area contributed by atoms with E-state index in [-0.39, 0.29) is 17.0 Å². The van der Waals surface area contributed by atoms with Gasteiger partial charge >= 0.3 is 11.9 Å². The Morgan fingerprint density at radius 2 is 0.846 bits per heavy atom. The topological polar surface area (TPSA) is 105 Å². The van der Waals surface area contributed by atoms with E-state index >= 15 is 0 Å². The van der Waals surface area contributed by atoms with Gasteiger partial charge in [-0.05, 0) is 137 Å². The van der Waals surface area contributed by atoms with E-state index in [0.29, 0.717) is 47.0 Å². The van der Waals surface area contributed by atoms with Crippen molar-refractivity contribution in [2.24, 2.45) is 0 Å². The van der Waals surface area contributed by atoms with Crippen molar-refractivity contribution in [2.75, 3.05) is 0 Å². The summed E-state index contributed by atoms with van der Waals surface area (Å²) < 4.78 is 23.8. The molecule has 4 aromatic rings. The van der Waals surface area contributed by atoms with E-state index in [0.717, 1.165) is 36.8 Å². The minimum absolute atomic E-state index is 0.0604. The van der Waals surface area contributed by atoms with Gasteiger partial charge in [-0.15, -0.1) is 0 Å². The monoisotopic (exact) mass is 704 g/mol. The minimum Gasteiger partial charge on any atom is -0.476 e. The van der Waals surface area contributed by atoms with Crippen molar-refractivity contribution in [2.45, 2.75) is 103 Å². The fourth-order valence-electron chi connectivity index (χ4n) is 6.57. The van der Waals surface area contributed by atoms with Gasteiger partial charge in [-0.1, -0.05) is 57.4 Å². The highest BCUT2D eigenvalue weighted by molar-refractivity contribution is 5.94. The molecule has 0 bridgehead atoms. The van der Waals surface area contributed by atoms with Crippen molar-refractivity contribution in [3.63, 3.8) is 0 Å². The summed E-state index contributed by atoms with van der Waals surface area (Å²) in [6.45, 7) is 10.2. The molecule has 4 aromatic carbocycles. The summed E-state index contributed by atoms with van der Waals surface area (Å²) in [4.78, 5) is 49.8. The molecule has 0 amide bonds. The maximum absolute atomic E-state index is 13.3. The zero-order chi connectivity index (χ0) is 37.5. The van der Waals surface area contributed by atoms with E-state index in [9.17, 15) is 19.2 Å². The van der Waals surface area contributed by atoms with Crippen LogP contribution in [0.2, 0.25) is 0 Å². The van der Waals surface area contributed by atoms with Crippen LogP contribution in [0.25, 0.3) is 0 Å². The number of rotatable bonds is 14. The Bertz CT molecular complexity index is 1740. The van der Waals surface area contributed by atoms with E-state index in [1.165, 1.54) is 20.3 Å². The Morgan fingerprint density at radius 3 is 1.15 bits per heavy atom. The molecule has 2 atom stereocenters. The second-order valence-corrected chi connectivity index (χ2v) is 14.0. The number of ketones is 2. The van der Waals surface area contributed by atoms with Crippen LogP contribution in [0, 0.1) is 0 Å². The Labute approximate surface area is 306 Å². The number of Topliss-reactive ketones (excluding diaryl/α,β-unsaturated/α-hetero) is 2. The highest BCUT2D eigenvalue weighted by Gasteiger charge is 2.39. The highest BCUT2D eigenvalue weighted by atomic mass is 16.6. The van der Waals surface area contributed by atoms with Crippen molar-refractivity contribution >= 4 is 23.5 Å². The van der Waals surface area contributed by atoms with E-state index < -0.39 is 23.1 Å². The molecule has 1 aliphatic rings. The third-order valence-corrected chi connectivity index (χ3v) is 10.4. The second kappa shape index (κ2) is 16.0. The van der Waals surface area contributed by atoms with Crippen LogP contribution < -0.4 is 18.9 Å². The quantitative estimate of drug-likeness (QED) is 0.0726. The van der Waals surface area contributed by atoms with E-state index in [1.807, 2.05) is 38.1 Å². The molecule has 0 heterocycles. The number of hydrogen-bond acceptors (Lipinski definition) is 8. The van der Waals surface area contributed by atoms with Crippen molar-refractivity contribution in [3.8, 4) is 23.0 Å². The third kappa shape index (κ3) is 8.44. The van der Waals surface area contributed by atoms with Gasteiger partial charge in [0.15, 0.2) is 11.6 Å². The molecule has 0 spiro atoms. The zero-order valence-electron chi connectivity index (χ0n) is 31.0. The number of ether oxygens (including phenoxy) is 4. The standard InChI is InChI=1S/C44H48O8/c1-7-42(5,40(47)49-36-20-12-32(13-21-36)30(3)45)51-38-24-16-34(17-25-38)44(28-10-9-11-29-44)35-18-26-39(27-19-35)52-43(6,8-2)41(48)50-37-22-14-33(15-23-37)31(4)46/h12-27H,7-11,28-29H2,1-6H3. The van der Waals surface area contributed by atoms with E-state index in [1.54, 1.807) is 62.4 Å². The summed E-state index contributed by atoms with van der Waals surface area (Å²) in [5.74, 6) is 0.665. The first-order valence-corrected chi connectivity index (χ1v) is 18.1. The van der Waals surface area contributed by atoms with Crippen molar-refractivity contribution < 1.29 is 38.1 Å². The van der Waals surface area contributed by atoms with Crippen molar-refractivity contribution in [1.82, 2.24) is 0 Å². The minimum atomic E-state index is -1.22. The molecule has 0 N–H and O–H groups in total. The molecule has 272 valence electrons. The van der Waals surface area contributed by atoms with Gasteiger partial charge in [0.25, 0.3) is 0 Å². The average molecular weight is 705 g/mol. The van der Waals surface area contributed by atoms with Crippen LogP contribution in [0.15, 0.2) is 97.1 Å². The number of esters is 2. The number of carbonyl (C=O) groups excluding carboxylic acids is 4. The summed E-state index contributed by atoms with van der Waals surface area (Å²) in [7, 11) is 0. The molecule has 1 aliphatic carbocycles. The Balaban J connectivity index is 1.30. The molecular weight excluding hydrogens is 656 g/mol. The number of hydrogen-bond donors (Lipinski definition) is 0. The molecule has 52 heavy (non-hydrogen) atoms. The lowest BCUT2D eigenvalue weighted by molar-refractivity contribution is -0.151. The van der Waals surface area contributed by atoms with Crippen LogP contribution in [0.4, 0.5) is 0 Å². The number of carbonyl (C=O) groups is 4. The van der Waals surface area contributed by atoms with E-state index in [4.69, 9.17) is 18.9 Å². The molecule has 0 saturated heterocycles. The van der Waals surface area contributed by atoms with Crippen LogP contribution in [-0.2, 0) is 15.0 Å². The van der Waals surface area contributed by atoms with Gasteiger partial charge in [0, 0.05) is 16.5 Å². The van der Waals surface area contributed by atoms with Crippen LogP contribution in [-0.4, -0.2) is 34.7 Å². The maximum Gasteiger partial charge on any atom is 0.355 e. The summed E-state index contributed by atoms with van der Waals surface area (Å²) in [6.07, 6.45) is 6.11. The highest BCUT2D eigenvalue weighted by Crippen LogP contribution is 2.46. The lowest BCUT2D eigenvalue weighted by atomic mass is 9.65. The van der Waals surface area contributed by atoms with Crippen molar-refractivity contribution in [3.05, 3.63) is 119 Å². The Kier molecular flexibility index (Phi) is 11.7. The van der Waals surface area contributed by atoms with Crippen LogP contribution in [0.5, 0.6) is 23.0 Å². The molecule has 8 heteroatoms. The molecule has 0 aliphatic heterocycles. The first kappa shape index (κ1) is 38.0. The predicted octanol–water partition coefficient (Wildman–Crippen LogP) is 9.65. The molecule has 8 nitrogen and oxygen atoms in total. The third-order valence-electron chi connectivity index (χ3n) is 10.4. The van der Waals surface area contributed by atoms with Gasteiger partial charge in [0.05, 0.1) is 0 Å². The summed E-state index contributed by atoms with van der Waals surface area (Å²) in [6, 6.07) is 29.0. The van der Waals surface area contributed by atoms with Gasteiger partial charge in [0.2, 0.25) is 11.2 Å². The summed E-state index contributed by atoms with van der Waals surface area (Å²) in [5.41, 5.74) is 0.754. The molecule has 1 saturated carbocycles. The number of benzene rings is 4. The van der Waals surface area contributed by atoms with Gasteiger partial charge in [-0.2, -0.15) is 0 Å². The smallest absolute Gasteiger partial charge is 0.355 e. The normalized spacial score (nSPS) is 16.0. The molecule has 5 rings (SSSR count). The first-order valence-electron chi connectivity index (χ1n) is 18.1. The Hall–Kier alpha value is -5.24. The molecule has 2 unspecified atom stereocenters. The molecule has 0 aromatic heterocycles. The largest absolute Gasteiger partial charge is 0.476 e. The first-order chi connectivity index (χ1) is 24.8. The van der Waals surface area contributed by atoms with Gasteiger partial charge in [-0.25, -0.2) is 9.59 Å². The Morgan fingerprint density at radius 1 is 0.519 bits per heavy atom. The van der Waals surface area contributed by atoms with Crippen LogP contribution in [0.1, 0.15) is 118 Å². The fraction of sp³-hybridized carbons (Fsp3) is 0.364. The van der Waals surface area contributed by atoms with Crippen molar-refractivity contribution in [1.29, 1.82) is 0 Å². The van der Waals surface area contributed by atoms with E-state index in [2.05, 4.69) is 24.3 Å². The van der Waals surface area contributed by atoms with Crippen LogP contribution >= 0.6 is 0 Å². The second-order valence-electron chi connectivity index (χ2n) is 14.0. The predicted molar refractivity (Wildman–Crippen MR) is 200 cm³/mol. The lowest BCUT2D eigenvalue weighted by Crippen LogP contribution is -2.44. The summed E-state index contributed by atoms with van der Waals surface area (Å²) >= 11 is 0. The molecule has 0 radical (unpaired) electrons. The lowest BCUT2D eigenvalue weighted by Gasteiger charge is -2.39. The van der Waals surface area contributed by atoms with Crippen LogP contribution in [0.3, 0.4) is 0 Å². The van der Waals surface area contributed by atoms with Gasteiger partial charge in [0.1, 0.15) is 23.0 Å². The fourth-order valence-corrected chi connectivity index (χ4v) is 6.57. The van der Waals surface area contributed by atoms with Gasteiger partial charge in [-0.3, -0.25) is 9.59 Å². The molecule has 1 fully saturated rings. The zero-order valence-corrected chi connectivity index (χ0v) is 31.0. The van der Waals surface area contributed by atoms with Gasteiger partial charge < -0.3 is 18.9 Å². The maximum atomic E-state index is 13.3. The SMILES string of the molecule is CCC(C)(Oc1ccc(C2(c3ccc(OC(C)(CC)C(=O)Oc4ccc(C(C)=O)cc4)cc3)CCCCC2)cc1)C(=O)Oc1ccc(C(C)=O)cc1. The molecular formula is C44H48O8. The average Bonchev–Trinajstić information content (AvgIpc) is 3.16. The summed E-state index contributed by atoms with van der Waals surface area (Å²) in [5, 5.41) is 0.